The van der Waals surface area contributed by atoms with Gasteiger partial charge in [-0.25, -0.2) is 4.98 Å². The summed E-state index contributed by atoms with van der Waals surface area (Å²) < 4.78 is 11.2. The zero-order valence-corrected chi connectivity index (χ0v) is 13.8. The van der Waals surface area contributed by atoms with Crippen LogP contribution in [0.1, 0.15) is 46.0 Å². The average Bonchev–Trinajstić information content (AvgIpc) is 3.33. The van der Waals surface area contributed by atoms with Gasteiger partial charge in [0.15, 0.2) is 0 Å². The van der Waals surface area contributed by atoms with Crippen LogP contribution in [0.25, 0.3) is 0 Å². The van der Waals surface area contributed by atoms with Gasteiger partial charge in [-0.1, -0.05) is 11.2 Å². The molecular weight excluding hydrogens is 306 g/mol. The number of aryl methyl sites for hydroxylation is 1. The maximum absolute atomic E-state index is 12.7. The molecule has 2 aromatic heterocycles. The lowest BCUT2D eigenvalue weighted by molar-refractivity contribution is 0.0719. The summed E-state index contributed by atoms with van der Waals surface area (Å²) in [6, 6.07) is 5.51. The fraction of sp³-hybridized carbons (Fsp3) is 0.500. The second kappa shape index (κ2) is 6.36. The van der Waals surface area contributed by atoms with E-state index >= 15 is 0 Å². The Labute approximate surface area is 140 Å². The van der Waals surface area contributed by atoms with E-state index in [1.165, 1.54) is 12.8 Å². The summed E-state index contributed by atoms with van der Waals surface area (Å²) in [5.41, 5.74) is 3.15. The number of rotatable bonds is 5. The summed E-state index contributed by atoms with van der Waals surface area (Å²) in [5.74, 6) is 1.55. The Morgan fingerprint density at radius 2 is 2.29 bits per heavy atom. The molecule has 6 nitrogen and oxygen atoms in total. The summed E-state index contributed by atoms with van der Waals surface area (Å²) in [6.07, 6.45) is 3.22. The van der Waals surface area contributed by atoms with Crippen LogP contribution >= 0.6 is 0 Å². The van der Waals surface area contributed by atoms with Gasteiger partial charge < -0.3 is 14.2 Å². The Morgan fingerprint density at radius 3 is 3.08 bits per heavy atom. The van der Waals surface area contributed by atoms with Crippen LogP contribution in [0.5, 0.6) is 0 Å². The summed E-state index contributed by atoms with van der Waals surface area (Å²) >= 11 is 0. The predicted octanol–water partition coefficient (Wildman–Crippen LogP) is 2.50. The molecular formula is C18H21N3O3. The predicted molar refractivity (Wildman–Crippen MR) is 86.3 cm³/mol. The highest BCUT2D eigenvalue weighted by Crippen LogP contribution is 2.30. The van der Waals surface area contributed by atoms with E-state index in [1.54, 1.807) is 6.07 Å². The maximum atomic E-state index is 12.7. The summed E-state index contributed by atoms with van der Waals surface area (Å²) in [7, 11) is 0. The van der Waals surface area contributed by atoms with Crippen LogP contribution in [-0.4, -0.2) is 34.1 Å². The van der Waals surface area contributed by atoms with Crippen LogP contribution < -0.4 is 0 Å². The van der Waals surface area contributed by atoms with Gasteiger partial charge in [-0.3, -0.25) is 4.79 Å². The SMILES string of the molecule is Cc1cccc(C(=O)N2CCc3onc(COCC4CC4)c3C2)n1. The Kier molecular flexibility index (Phi) is 4.06. The van der Waals surface area contributed by atoms with Crippen LogP contribution in [0.15, 0.2) is 22.7 Å². The van der Waals surface area contributed by atoms with E-state index in [2.05, 4.69) is 10.1 Å². The molecule has 0 aromatic carbocycles. The Morgan fingerprint density at radius 1 is 1.42 bits per heavy atom. The maximum Gasteiger partial charge on any atom is 0.272 e. The molecule has 4 rings (SSSR count). The molecule has 1 amide bonds. The van der Waals surface area contributed by atoms with Gasteiger partial charge in [0.25, 0.3) is 5.91 Å². The van der Waals surface area contributed by atoms with Crippen LogP contribution in [0.4, 0.5) is 0 Å². The largest absolute Gasteiger partial charge is 0.375 e. The molecule has 2 aromatic rings. The minimum Gasteiger partial charge on any atom is -0.375 e. The number of hydrogen-bond donors (Lipinski definition) is 0. The van der Waals surface area contributed by atoms with Crippen molar-refractivity contribution in [2.75, 3.05) is 13.2 Å². The molecule has 0 N–H and O–H groups in total. The second-order valence-corrected chi connectivity index (χ2v) is 6.63. The smallest absolute Gasteiger partial charge is 0.272 e. The lowest BCUT2D eigenvalue weighted by atomic mass is 10.1. The minimum atomic E-state index is -0.0459. The Bertz CT molecular complexity index is 752. The fourth-order valence-corrected chi connectivity index (χ4v) is 2.98. The highest BCUT2D eigenvalue weighted by Gasteiger charge is 2.28. The third-order valence-electron chi connectivity index (χ3n) is 4.59. The number of pyridine rings is 1. The number of amides is 1. The van der Waals surface area contributed by atoms with Crippen LogP contribution in [0.2, 0.25) is 0 Å². The van der Waals surface area contributed by atoms with Gasteiger partial charge >= 0.3 is 0 Å². The van der Waals surface area contributed by atoms with Crippen molar-refractivity contribution in [3.05, 3.63) is 46.6 Å². The van der Waals surface area contributed by atoms with Crippen molar-refractivity contribution in [2.24, 2.45) is 5.92 Å². The number of aromatic nitrogens is 2. The van der Waals surface area contributed by atoms with Crippen molar-refractivity contribution in [3.8, 4) is 0 Å². The van der Waals surface area contributed by atoms with Gasteiger partial charge in [-0.05, 0) is 37.8 Å². The van der Waals surface area contributed by atoms with E-state index in [9.17, 15) is 4.79 Å². The molecule has 1 fully saturated rings. The van der Waals surface area contributed by atoms with E-state index in [4.69, 9.17) is 9.26 Å². The third kappa shape index (κ3) is 3.19. The Hall–Kier alpha value is -2.21. The van der Waals surface area contributed by atoms with E-state index < -0.39 is 0 Å². The first-order chi connectivity index (χ1) is 11.7. The summed E-state index contributed by atoms with van der Waals surface area (Å²) in [4.78, 5) is 18.8. The average molecular weight is 327 g/mol. The van der Waals surface area contributed by atoms with Crippen molar-refractivity contribution in [2.45, 2.75) is 39.3 Å². The number of nitrogens with zero attached hydrogens (tertiary/aromatic N) is 3. The lowest BCUT2D eigenvalue weighted by Crippen LogP contribution is -2.36. The van der Waals surface area contributed by atoms with Gasteiger partial charge in [0, 0.05) is 30.8 Å². The molecule has 0 bridgehead atoms. The van der Waals surface area contributed by atoms with Crippen LogP contribution in [0.3, 0.4) is 0 Å². The van der Waals surface area contributed by atoms with Gasteiger partial charge in [0.1, 0.15) is 17.1 Å². The van der Waals surface area contributed by atoms with E-state index in [0.717, 1.165) is 35.2 Å². The number of fused-ring (bicyclic) bond motifs is 1. The molecule has 1 saturated carbocycles. The molecule has 3 heterocycles. The van der Waals surface area contributed by atoms with Crippen molar-refractivity contribution >= 4 is 5.91 Å². The monoisotopic (exact) mass is 327 g/mol. The molecule has 0 spiro atoms. The molecule has 1 aliphatic heterocycles. The fourth-order valence-electron chi connectivity index (χ4n) is 2.98. The van der Waals surface area contributed by atoms with Gasteiger partial charge in [-0.2, -0.15) is 0 Å². The molecule has 0 saturated heterocycles. The van der Waals surface area contributed by atoms with Crippen LogP contribution in [-0.2, 0) is 24.3 Å². The van der Waals surface area contributed by atoms with Crippen LogP contribution in [0, 0.1) is 12.8 Å². The number of carbonyl (C=O) groups is 1. The first-order valence-electron chi connectivity index (χ1n) is 8.47. The van der Waals surface area contributed by atoms with Crippen molar-refractivity contribution < 1.29 is 14.1 Å². The van der Waals surface area contributed by atoms with Gasteiger partial charge in [0.2, 0.25) is 0 Å². The van der Waals surface area contributed by atoms with Gasteiger partial charge in [0.05, 0.1) is 13.2 Å². The molecule has 126 valence electrons. The van der Waals surface area contributed by atoms with E-state index in [-0.39, 0.29) is 5.91 Å². The molecule has 1 aliphatic carbocycles. The quantitative estimate of drug-likeness (QED) is 0.844. The summed E-state index contributed by atoms with van der Waals surface area (Å²) in [6.45, 7) is 4.27. The van der Waals surface area contributed by atoms with E-state index in [1.807, 2.05) is 24.0 Å². The third-order valence-corrected chi connectivity index (χ3v) is 4.59. The van der Waals surface area contributed by atoms with Crippen molar-refractivity contribution in [3.63, 3.8) is 0 Å². The first kappa shape index (κ1) is 15.3. The Balaban J connectivity index is 1.45. The van der Waals surface area contributed by atoms with Crippen molar-refractivity contribution in [1.82, 2.24) is 15.0 Å². The highest BCUT2D eigenvalue weighted by atomic mass is 16.5. The zero-order chi connectivity index (χ0) is 16.5. The number of carbonyl (C=O) groups excluding carboxylic acids is 1. The van der Waals surface area contributed by atoms with Crippen molar-refractivity contribution in [1.29, 1.82) is 0 Å². The molecule has 2 aliphatic rings. The number of ether oxygens (including phenoxy) is 1. The highest BCUT2D eigenvalue weighted by molar-refractivity contribution is 5.92. The molecule has 0 unspecified atom stereocenters. The van der Waals surface area contributed by atoms with E-state index in [0.29, 0.717) is 31.8 Å². The number of hydrogen-bond acceptors (Lipinski definition) is 5. The minimum absolute atomic E-state index is 0.0459. The topological polar surface area (TPSA) is 68.5 Å². The molecule has 0 atom stereocenters. The molecule has 24 heavy (non-hydrogen) atoms. The van der Waals surface area contributed by atoms with Gasteiger partial charge in [-0.15, -0.1) is 0 Å². The summed E-state index contributed by atoms with van der Waals surface area (Å²) in [5, 5.41) is 4.14. The normalized spacial score (nSPS) is 17.0. The first-order valence-corrected chi connectivity index (χ1v) is 8.47. The molecule has 0 radical (unpaired) electrons. The second-order valence-electron chi connectivity index (χ2n) is 6.63. The molecule has 6 heteroatoms. The zero-order valence-electron chi connectivity index (χ0n) is 13.8. The standard InChI is InChI=1S/C18H21N3O3/c1-12-3-2-4-15(19-12)18(22)21-8-7-17-14(9-21)16(20-24-17)11-23-10-13-5-6-13/h2-4,13H,5-11H2,1H3. The lowest BCUT2D eigenvalue weighted by Gasteiger charge is -2.26.